The van der Waals surface area contributed by atoms with Gasteiger partial charge in [0, 0.05) is 28.6 Å². The van der Waals surface area contributed by atoms with Gasteiger partial charge in [0.2, 0.25) is 0 Å². The number of ether oxygens (including phenoxy) is 1. The molecule has 0 aliphatic carbocycles. The van der Waals surface area contributed by atoms with E-state index < -0.39 is 0 Å². The van der Waals surface area contributed by atoms with Crippen LogP contribution in [0.25, 0.3) is 0 Å². The van der Waals surface area contributed by atoms with E-state index in [1.807, 2.05) is 43.1 Å². The highest BCUT2D eigenvalue weighted by atomic mass is 35.5. The SMILES string of the molecule is CNCc1ccc(Cl)cc1Oc1ccc2c(c1)CSC2. The van der Waals surface area contributed by atoms with Crippen LogP contribution >= 0.6 is 23.4 Å². The van der Waals surface area contributed by atoms with Crippen molar-refractivity contribution in [3.05, 3.63) is 58.1 Å². The Morgan fingerprint density at radius 1 is 1.15 bits per heavy atom. The Labute approximate surface area is 128 Å². The van der Waals surface area contributed by atoms with Crippen LogP contribution in [0.2, 0.25) is 5.02 Å². The van der Waals surface area contributed by atoms with Crippen LogP contribution in [-0.4, -0.2) is 7.05 Å². The second kappa shape index (κ2) is 6.08. The third-order valence-electron chi connectivity index (χ3n) is 3.32. The summed E-state index contributed by atoms with van der Waals surface area (Å²) in [6.45, 7) is 0.757. The van der Waals surface area contributed by atoms with Crippen molar-refractivity contribution >= 4 is 23.4 Å². The van der Waals surface area contributed by atoms with E-state index in [0.29, 0.717) is 5.02 Å². The molecule has 2 nitrogen and oxygen atoms in total. The minimum absolute atomic E-state index is 0.691. The van der Waals surface area contributed by atoms with Crippen LogP contribution < -0.4 is 10.1 Å². The van der Waals surface area contributed by atoms with Gasteiger partial charge in [-0.25, -0.2) is 0 Å². The summed E-state index contributed by atoms with van der Waals surface area (Å²) in [7, 11) is 1.92. The molecule has 0 bridgehead atoms. The number of thioether (sulfide) groups is 1. The van der Waals surface area contributed by atoms with Crippen LogP contribution in [0.15, 0.2) is 36.4 Å². The fraction of sp³-hybridized carbons (Fsp3) is 0.250. The zero-order chi connectivity index (χ0) is 13.9. The Balaban J connectivity index is 1.88. The summed E-state index contributed by atoms with van der Waals surface area (Å²) in [6.07, 6.45) is 0. The summed E-state index contributed by atoms with van der Waals surface area (Å²) in [6, 6.07) is 12.1. The monoisotopic (exact) mass is 305 g/mol. The third-order valence-corrected chi connectivity index (χ3v) is 4.58. The second-order valence-corrected chi connectivity index (χ2v) is 6.23. The quantitative estimate of drug-likeness (QED) is 0.892. The van der Waals surface area contributed by atoms with E-state index in [9.17, 15) is 0 Å². The summed E-state index contributed by atoms with van der Waals surface area (Å²) in [5.74, 6) is 3.88. The van der Waals surface area contributed by atoms with Crippen LogP contribution in [0.1, 0.15) is 16.7 Å². The first-order valence-corrected chi connectivity index (χ1v) is 8.10. The Morgan fingerprint density at radius 2 is 2.00 bits per heavy atom. The zero-order valence-corrected chi connectivity index (χ0v) is 12.9. The minimum Gasteiger partial charge on any atom is -0.457 e. The molecule has 3 rings (SSSR count). The summed E-state index contributed by atoms with van der Waals surface area (Å²) >= 11 is 8.02. The molecule has 0 unspecified atom stereocenters. The lowest BCUT2D eigenvalue weighted by molar-refractivity contribution is 0.474. The number of benzene rings is 2. The summed E-state index contributed by atoms with van der Waals surface area (Å²) in [5, 5.41) is 3.84. The molecule has 104 valence electrons. The van der Waals surface area contributed by atoms with E-state index in [4.69, 9.17) is 16.3 Å². The van der Waals surface area contributed by atoms with Crippen molar-refractivity contribution in [1.29, 1.82) is 0 Å². The molecule has 2 aromatic rings. The molecule has 0 aromatic heterocycles. The van der Waals surface area contributed by atoms with Gasteiger partial charge in [0.25, 0.3) is 0 Å². The first-order valence-electron chi connectivity index (χ1n) is 6.56. The van der Waals surface area contributed by atoms with Crippen molar-refractivity contribution in [2.24, 2.45) is 0 Å². The fourth-order valence-corrected chi connectivity index (χ4v) is 3.55. The van der Waals surface area contributed by atoms with E-state index in [1.54, 1.807) is 0 Å². The van der Waals surface area contributed by atoms with Gasteiger partial charge in [0.1, 0.15) is 11.5 Å². The number of halogens is 1. The van der Waals surface area contributed by atoms with Gasteiger partial charge in [-0.3, -0.25) is 0 Å². The molecule has 0 fully saturated rings. The Hall–Kier alpha value is -1.16. The van der Waals surface area contributed by atoms with Gasteiger partial charge >= 0.3 is 0 Å². The largest absolute Gasteiger partial charge is 0.457 e. The number of fused-ring (bicyclic) bond motifs is 1. The smallest absolute Gasteiger partial charge is 0.133 e. The van der Waals surface area contributed by atoms with Gasteiger partial charge in [0.05, 0.1) is 0 Å². The molecule has 0 saturated carbocycles. The predicted molar refractivity (Wildman–Crippen MR) is 85.7 cm³/mol. The van der Waals surface area contributed by atoms with Gasteiger partial charge in [-0.15, -0.1) is 0 Å². The lowest BCUT2D eigenvalue weighted by Gasteiger charge is -2.12. The molecular formula is C16H16ClNOS. The number of hydrogen-bond donors (Lipinski definition) is 1. The highest BCUT2D eigenvalue weighted by Gasteiger charge is 2.13. The van der Waals surface area contributed by atoms with E-state index in [-0.39, 0.29) is 0 Å². The van der Waals surface area contributed by atoms with Crippen molar-refractivity contribution in [1.82, 2.24) is 5.32 Å². The van der Waals surface area contributed by atoms with Gasteiger partial charge in [-0.2, -0.15) is 11.8 Å². The van der Waals surface area contributed by atoms with Crippen molar-refractivity contribution in [2.45, 2.75) is 18.1 Å². The van der Waals surface area contributed by atoms with Crippen LogP contribution in [0.4, 0.5) is 0 Å². The van der Waals surface area contributed by atoms with Gasteiger partial charge in [0.15, 0.2) is 0 Å². The second-order valence-electron chi connectivity index (χ2n) is 4.81. The number of hydrogen-bond acceptors (Lipinski definition) is 3. The van der Waals surface area contributed by atoms with Crippen molar-refractivity contribution in [3.8, 4) is 11.5 Å². The van der Waals surface area contributed by atoms with E-state index in [0.717, 1.165) is 35.1 Å². The Bertz CT molecular complexity index is 630. The van der Waals surface area contributed by atoms with E-state index in [2.05, 4.69) is 17.4 Å². The van der Waals surface area contributed by atoms with Gasteiger partial charge < -0.3 is 10.1 Å². The Kier molecular flexibility index (Phi) is 4.20. The maximum absolute atomic E-state index is 6.07. The molecule has 1 heterocycles. The molecule has 1 aliphatic heterocycles. The van der Waals surface area contributed by atoms with E-state index >= 15 is 0 Å². The number of nitrogens with one attached hydrogen (secondary N) is 1. The molecule has 1 N–H and O–H groups in total. The lowest BCUT2D eigenvalue weighted by Crippen LogP contribution is -2.06. The van der Waals surface area contributed by atoms with Gasteiger partial charge in [-0.1, -0.05) is 23.7 Å². The Morgan fingerprint density at radius 3 is 2.85 bits per heavy atom. The lowest BCUT2D eigenvalue weighted by atomic mass is 10.1. The van der Waals surface area contributed by atoms with Crippen molar-refractivity contribution in [3.63, 3.8) is 0 Å². The molecule has 0 spiro atoms. The molecule has 4 heteroatoms. The van der Waals surface area contributed by atoms with Gasteiger partial charge in [-0.05, 0) is 42.4 Å². The fourth-order valence-electron chi connectivity index (χ4n) is 2.30. The molecule has 0 radical (unpaired) electrons. The first kappa shape index (κ1) is 13.8. The topological polar surface area (TPSA) is 21.3 Å². The molecular weight excluding hydrogens is 290 g/mol. The first-order chi connectivity index (χ1) is 9.76. The highest BCUT2D eigenvalue weighted by Crippen LogP contribution is 2.35. The summed E-state index contributed by atoms with van der Waals surface area (Å²) < 4.78 is 6.03. The molecule has 2 aromatic carbocycles. The molecule has 0 atom stereocenters. The number of rotatable bonds is 4. The third kappa shape index (κ3) is 2.95. The summed E-state index contributed by atoms with van der Waals surface area (Å²) in [4.78, 5) is 0. The highest BCUT2D eigenvalue weighted by molar-refractivity contribution is 7.98. The van der Waals surface area contributed by atoms with Crippen LogP contribution in [0.5, 0.6) is 11.5 Å². The zero-order valence-electron chi connectivity index (χ0n) is 11.3. The average molecular weight is 306 g/mol. The average Bonchev–Trinajstić information content (AvgIpc) is 2.89. The van der Waals surface area contributed by atoms with Crippen LogP contribution in [-0.2, 0) is 18.1 Å². The molecule has 0 saturated heterocycles. The summed E-state index contributed by atoms with van der Waals surface area (Å²) in [5.41, 5.74) is 3.90. The van der Waals surface area contributed by atoms with Crippen molar-refractivity contribution in [2.75, 3.05) is 7.05 Å². The molecule has 1 aliphatic rings. The minimum atomic E-state index is 0.691. The molecule has 20 heavy (non-hydrogen) atoms. The van der Waals surface area contributed by atoms with Crippen LogP contribution in [0, 0.1) is 0 Å². The maximum Gasteiger partial charge on any atom is 0.133 e. The van der Waals surface area contributed by atoms with Crippen molar-refractivity contribution < 1.29 is 4.74 Å². The normalized spacial score (nSPS) is 13.3. The van der Waals surface area contributed by atoms with E-state index in [1.165, 1.54) is 11.1 Å². The predicted octanol–water partition coefficient (Wildman–Crippen LogP) is 4.60. The standard InChI is InChI=1S/C16H16ClNOS/c1-18-8-11-2-4-14(17)7-16(11)19-15-5-3-12-9-20-10-13(12)6-15/h2-7,18H,8-10H2,1H3. The maximum atomic E-state index is 6.07. The van der Waals surface area contributed by atoms with Crippen LogP contribution in [0.3, 0.4) is 0 Å². The molecule has 0 amide bonds.